The van der Waals surface area contributed by atoms with Gasteiger partial charge in [-0.25, -0.2) is 9.18 Å². The Hall–Kier alpha value is -1.78. The molecule has 5 heteroatoms. The standard InChI is InChI=1S/C16H23FN2O2/c1-4-21-16(20)12-7-15(13(17)8-14(12)18)19-9-10(2)5-6-11(19)3/h7-8,10-11H,4-6,9,18H2,1-3H3. The van der Waals surface area contributed by atoms with Gasteiger partial charge in [-0.3, -0.25) is 0 Å². The van der Waals surface area contributed by atoms with Crippen molar-refractivity contribution in [2.75, 3.05) is 23.8 Å². The lowest BCUT2D eigenvalue weighted by Crippen LogP contribution is -2.41. The summed E-state index contributed by atoms with van der Waals surface area (Å²) in [5.74, 6) is -0.389. The molecule has 1 aliphatic heterocycles. The van der Waals surface area contributed by atoms with Crippen LogP contribution in [0.4, 0.5) is 15.8 Å². The molecular formula is C16H23FN2O2. The number of nitrogens with zero attached hydrogens (tertiary/aromatic N) is 1. The van der Waals surface area contributed by atoms with Crippen molar-refractivity contribution in [2.24, 2.45) is 5.92 Å². The number of hydrogen-bond acceptors (Lipinski definition) is 4. The summed E-state index contributed by atoms with van der Waals surface area (Å²) >= 11 is 0. The van der Waals surface area contributed by atoms with E-state index in [1.807, 2.05) is 4.90 Å². The number of halogens is 1. The quantitative estimate of drug-likeness (QED) is 0.687. The third-order valence-electron chi connectivity index (χ3n) is 4.04. The van der Waals surface area contributed by atoms with E-state index in [2.05, 4.69) is 13.8 Å². The lowest BCUT2D eigenvalue weighted by Gasteiger charge is -2.39. The molecule has 0 saturated carbocycles. The number of hydrogen-bond donors (Lipinski definition) is 1. The monoisotopic (exact) mass is 294 g/mol. The number of nitrogen functional groups attached to an aromatic ring is 1. The Kier molecular flexibility index (Phi) is 4.70. The maximum Gasteiger partial charge on any atom is 0.340 e. The first-order chi connectivity index (χ1) is 9.93. The number of anilines is 2. The average molecular weight is 294 g/mol. The fourth-order valence-electron chi connectivity index (χ4n) is 2.81. The first kappa shape index (κ1) is 15.6. The minimum atomic E-state index is -0.506. The number of nitrogens with two attached hydrogens (primary N) is 1. The Bertz CT molecular complexity index is 533. The molecule has 0 bridgehead atoms. The van der Waals surface area contributed by atoms with Crippen LogP contribution in [0.2, 0.25) is 0 Å². The largest absolute Gasteiger partial charge is 0.462 e. The lowest BCUT2D eigenvalue weighted by atomic mass is 9.94. The average Bonchev–Trinajstić information content (AvgIpc) is 2.42. The zero-order valence-corrected chi connectivity index (χ0v) is 12.9. The van der Waals surface area contributed by atoms with E-state index in [0.717, 1.165) is 19.4 Å². The van der Waals surface area contributed by atoms with Gasteiger partial charge in [0, 0.05) is 18.3 Å². The maximum absolute atomic E-state index is 14.3. The van der Waals surface area contributed by atoms with E-state index in [1.165, 1.54) is 12.1 Å². The Morgan fingerprint density at radius 2 is 2.14 bits per heavy atom. The molecule has 1 heterocycles. The van der Waals surface area contributed by atoms with Crippen LogP contribution in [-0.4, -0.2) is 25.2 Å². The molecule has 4 nitrogen and oxygen atoms in total. The Labute approximate surface area is 125 Å². The van der Waals surface area contributed by atoms with Gasteiger partial charge in [0.25, 0.3) is 0 Å². The summed E-state index contributed by atoms with van der Waals surface area (Å²) in [5.41, 5.74) is 6.54. The minimum Gasteiger partial charge on any atom is -0.462 e. The molecule has 2 atom stereocenters. The predicted molar refractivity (Wildman–Crippen MR) is 82.0 cm³/mol. The number of esters is 1. The number of carbonyl (C=O) groups is 1. The molecule has 0 radical (unpaired) electrons. The van der Waals surface area contributed by atoms with Gasteiger partial charge >= 0.3 is 5.97 Å². The van der Waals surface area contributed by atoms with Gasteiger partial charge in [0.05, 0.1) is 17.9 Å². The number of rotatable bonds is 3. The smallest absolute Gasteiger partial charge is 0.340 e. The fourth-order valence-corrected chi connectivity index (χ4v) is 2.81. The highest BCUT2D eigenvalue weighted by atomic mass is 19.1. The summed E-state index contributed by atoms with van der Waals surface area (Å²) in [4.78, 5) is 13.9. The Morgan fingerprint density at radius 1 is 1.43 bits per heavy atom. The molecule has 0 aliphatic carbocycles. The van der Waals surface area contributed by atoms with Crippen LogP contribution in [0.15, 0.2) is 12.1 Å². The van der Waals surface area contributed by atoms with Crippen molar-refractivity contribution < 1.29 is 13.9 Å². The predicted octanol–water partition coefficient (Wildman–Crippen LogP) is 3.21. The van der Waals surface area contributed by atoms with Crippen LogP contribution in [0, 0.1) is 11.7 Å². The van der Waals surface area contributed by atoms with Gasteiger partial charge in [-0.15, -0.1) is 0 Å². The summed E-state index contributed by atoms with van der Waals surface area (Å²) in [7, 11) is 0. The van der Waals surface area contributed by atoms with E-state index in [-0.39, 0.29) is 29.7 Å². The van der Waals surface area contributed by atoms with E-state index < -0.39 is 5.97 Å². The zero-order chi connectivity index (χ0) is 15.6. The van der Waals surface area contributed by atoms with Crippen LogP contribution < -0.4 is 10.6 Å². The second-order valence-electron chi connectivity index (χ2n) is 5.80. The first-order valence-electron chi connectivity index (χ1n) is 7.46. The maximum atomic E-state index is 14.3. The fraction of sp³-hybridized carbons (Fsp3) is 0.562. The van der Waals surface area contributed by atoms with E-state index in [0.29, 0.717) is 11.6 Å². The molecule has 116 valence electrons. The van der Waals surface area contributed by atoms with Gasteiger partial charge in [-0.05, 0) is 44.7 Å². The van der Waals surface area contributed by atoms with Crippen LogP contribution in [0.3, 0.4) is 0 Å². The summed E-state index contributed by atoms with van der Waals surface area (Å²) in [6, 6.07) is 2.99. The molecule has 0 amide bonds. The first-order valence-corrected chi connectivity index (χ1v) is 7.46. The minimum absolute atomic E-state index is 0.118. The van der Waals surface area contributed by atoms with Crippen molar-refractivity contribution >= 4 is 17.3 Å². The van der Waals surface area contributed by atoms with E-state index >= 15 is 0 Å². The summed E-state index contributed by atoms with van der Waals surface area (Å²) in [5, 5.41) is 0. The number of benzene rings is 1. The Morgan fingerprint density at radius 3 is 2.81 bits per heavy atom. The highest BCUT2D eigenvalue weighted by Gasteiger charge is 2.26. The van der Waals surface area contributed by atoms with Gasteiger partial charge < -0.3 is 15.4 Å². The number of piperidine rings is 1. The molecule has 1 saturated heterocycles. The lowest BCUT2D eigenvalue weighted by molar-refractivity contribution is 0.0527. The molecule has 1 fully saturated rings. The molecular weight excluding hydrogens is 271 g/mol. The van der Waals surface area contributed by atoms with Crippen LogP contribution in [0.25, 0.3) is 0 Å². The van der Waals surface area contributed by atoms with Gasteiger partial charge in [0.2, 0.25) is 0 Å². The zero-order valence-electron chi connectivity index (χ0n) is 12.9. The van der Waals surface area contributed by atoms with Gasteiger partial charge in [0.1, 0.15) is 5.82 Å². The molecule has 2 rings (SSSR count). The van der Waals surface area contributed by atoms with Crippen LogP contribution in [0.5, 0.6) is 0 Å². The highest BCUT2D eigenvalue weighted by molar-refractivity contribution is 5.96. The molecule has 1 aromatic carbocycles. The summed E-state index contributed by atoms with van der Waals surface area (Å²) < 4.78 is 19.3. The third-order valence-corrected chi connectivity index (χ3v) is 4.04. The van der Waals surface area contributed by atoms with Crippen molar-refractivity contribution in [3.63, 3.8) is 0 Å². The summed E-state index contributed by atoms with van der Waals surface area (Å²) in [6.07, 6.45) is 2.15. The molecule has 2 unspecified atom stereocenters. The van der Waals surface area contributed by atoms with Gasteiger partial charge in [-0.1, -0.05) is 6.92 Å². The van der Waals surface area contributed by atoms with Crippen molar-refractivity contribution in [3.8, 4) is 0 Å². The number of ether oxygens (including phenoxy) is 1. The second-order valence-corrected chi connectivity index (χ2v) is 5.80. The normalized spacial score (nSPS) is 22.2. The van der Waals surface area contributed by atoms with E-state index in [4.69, 9.17) is 10.5 Å². The van der Waals surface area contributed by atoms with E-state index in [1.54, 1.807) is 6.92 Å². The Balaban J connectivity index is 2.38. The molecule has 21 heavy (non-hydrogen) atoms. The topological polar surface area (TPSA) is 55.6 Å². The van der Waals surface area contributed by atoms with Crippen molar-refractivity contribution in [1.29, 1.82) is 0 Å². The van der Waals surface area contributed by atoms with Crippen molar-refractivity contribution in [3.05, 3.63) is 23.5 Å². The van der Waals surface area contributed by atoms with Gasteiger partial charge in [0.15, 0.2) is 0 Å². The second kappa shape index (κ2) is 6.33. The third kappa shape index (κ3) is 3.28. The van der Waals surface area contributed by atoms with E-state index in [9.17, 15) is 9.18 Å². The summed E-state index contributed by atoms with van der Waals surface area (Å²) in [6.45, 7) is 7.01. The van der Waals surface area contributed by atoms with Gasteiger partial charge in [-0.2, -0.15) is 0 Å². The van der Waals surface area contributed by atoms with Crippen molar-refractivity contribution in [2.45, 2.75) is 39.7 Å². The number of carbonyl (C=O) groups excluding carboxylic acids is 1. The van der Waals surface area contributed by atoms with Crippen molar-refractivity contribution in [1.82, 2.24) is 0 Å². The van der Waals surface area contributed by atoms with Crippen LogP contribution in [0.1, 0.15) is 44.0 Å². The SMILES string of the molecule is CCOC(=O)c1cc(N2CC(C)CCC2C)c(F)cc1N. The molecule has 1 aliphatic rings. The molecule has 2 N–H and O–H groups in total. The van der Waals surface area contributed by atoms with Crippen LogP contribution >= 0.6 is 0 Å². The molecule has 0 spiro atoms. The molecule has 1 aromatic rings. The molecule has 0 aromatic heterocycles. The van der Waals surface area contributed by atoms with Crippen LogP contribution in [-0.2, 0) is 4.74 Å². The highest BCUT2D eigenvalue weighted by Crippen LogP contribution is 2.32.